The summed E-state index contributed by atoms with van der Waals surface area (Å²) in [5, 5.41) is 11.1. The van der Waals surface area contributed by atoms with E-state index in [-0.39, 0.29) is 31.1 Å². The first-order valence-corrected chi connectivity index (χ1v) is 8.19. The zero-order valence-corrected chi connectivity index (χ0v) is 13.8. The molecule has 2 atom stereocenters. The van der Waals surface area contributed by atoms with E-state index in [0.29, 0.717) is 26.2 Å². The number of hydrogen-bond donors (Lipinski definition) is 2. The van der Waals surface area contributed by atoms with Crippen LogP contribution in [-0.4, -0.2) is 58.8 Å². The molecule has 0 unspecified atom stereocenters. The van der Waals surface area contributed by atoms with Gasteiger partial charge in [0.15, 0.2) is 0 Å². The second-order valence-corrected chi connectivity index (χ2v) is 5.90. The van der Waals surface area contributed by atoms with E-state index >= 15 is 0 Å². The number of nitrogens with one attached hydrogen (secondary N) is 1. The van der Waals surface area contributed by atoms with Crippen LogP contribution in [0.15, 0.2) is 24.3 Å². The molecule has 0 saturated carbocycles. The van der Waals surface area contributed by atoms with Crippen LogP contribution in [0.1, 0.15) is 12.8 Å². The lowest BCUT2D eigenvalue weighted by Gasteiger charge is -2.31. The predicted molar refractivity (Wildman–Crippen MR) is 88.4 cm³/mol. The molecule has 0 radical (unpaired) electrons. The van der Waals surface area contributed by atoms with Crippen LogP contribution in [0.4, 0.5) is 0 Å². The molecular formula is C16H21N5O4. The van der Waals surface area contributed by atoms with Gasteiger partial charge in [-0.25, -0.2) is 4.68 Å². The van der Waals surface area contributed by atoms with Gasteiger partial charge in [0.05, 0.1) is 24.7 Å². The summed E-state index contributed by atoms with van der Waals surface area (Å²) in [4.78, 5) is 23.1. The number of carbonyl (C=O) groups excluding carboxylic acids is 2. The molecule has 1 aromatic carbocycles. The van der Waals surface area contributed by atoms with Gasteiger partial charge in [-0.2, -0.15) is 0 Å². The van der Waals surface area contributed by atoms with Crippen molar-refractivity contribution in [3.8, 4) is 0 Å². The zero-order valence-electron chi connectivity index (χ0n) is 13.8. The predicted octanol–water partition coefficient (Wildman–Crippen LogP) is -0.403. The lowest BCUT2D eigenvalue weighted by Crippen LogP contribution is -2.50. The van der Waals surface area contributed by atoms with E-state index in [0.717, 1.165) is 11.0 Å². The van der Waals surface area contributed by atoms with E-state index in [1.165, 1.54) is 0 Å². The highest BCUT2D eigenvalue weighted by Gasteiger charge is 2.28. The molecule has 1 fully saturated rings. The normalized spacial score (nSPS) is 20.5. The average molecular weight is 347 g/mol. The van der Waals surface area contributed by atoms with Crippen LogP contribution in [0.3, 0.4) is 0 Å². The number of nitrogens with two attached hydrogens (primary N) is 1. The Morgan fingerprint density at radius 3 is 3.08 bits per heavy atom. The molecule has 3 N–H and O–H groups in total. The number of nitrogens with zero attached hydrogens (tertiary/aromatic N) is 3. The molecule has 0 aliphatic carbocycles. The maximum Gasteiger partial charge on any atom is 0.243 e. The van der Waals surface area contributed by atoms with Crippen molar-refractivity contribution >= 4 is 22.8 Å². The van der Waals surface area contributed by atoms with Crippen molar-refractivity contribution in [3.63, 3.8) is 0 Å². The lowest BCUT2D eigenvalue weighted by atomic mass is 10.1. The molecule has 3 rings (SSSR count). The fourth-order valence-corrected chi connectivity index (χ4v) is 2.80. The molecule has 1 aromatic heterocycles. The van der Waals surface area contributed by atoms with Gasteiger partial charge in [-0.05, 0) is 18.6 Å². The van der Waals surface area contributed by atoms with Gasteiger partial charge in [0.1, 0.15) is 18.2 Å². The first-order valence-electron chi connectivity index (χ1n) is 8.19. The Bertz CT molecular complexity index is 747. The third-order valence-corrected chi connectivity index (χ3v) is 4.06. The van der Waals surface area contributed by atoms with E-state index in [4.69, 9.17) is 15.2 Å². The Labute approximate surface area is 144 Å². The summed E-state index contributed by atoms with van der Waals surface area (Å²) in [6, 6.07) is 7.39. The number of benzene rings is 1. The maximum absolute atomic E-state index is 12.3. The Morgan fingerprint density at radius 2 is 2.24 bits per heavy atom. The van der Waals surface area contributed by atoms with Gasteiger partial charge in [-0.3, -0.25) is 9.59 Å². The van der Waals surface area contributed by atoms with Crippen molar-refractivity contribution in [2.45, 2.75) is 31.5 Å². The molecule has 2 amide bonds. The van der Waals surface area contributed by atoms with Gasteiger partial charge in [0.25, 0.3) is 0 Å². The van der Waals surface area contributed by atoms with Crippen LogP contribution < -0.4 is 11.1 Å². The Hall–Kier alpha value is -2.52. The van der Waals surface area contributed by atoms with E-state index in [2.05, 4.69) is 15.6 Å². The summed E-state index contributed by atoms with van der Waals surface area (Å²) in [5.41, 5.74) is 6.79. The van der Waals surface area contributed by atoms with E-state index in [1.807, 2.05) is 24.3 Å². The van der Waals surface area contributed by atoms with Gasteiger partial charge in [-0.1, -0.05) is 17.3 Å². The Morgan fingerprint density at radius 1 is 1.40 bits per heavy atom. The number of aryl methyl sites for hydroxylation is 1. The smallest absolute Gasteiger partial charge is 0.243 e. The summed E-state index contributed by atoms with van der Waals surface area (Å²) in [6.07, 6.45) is 0.520. The van der Waals surface area contributed by atoms with Crippen LogP contribution in [0.2, 0.25) is 0 Å². The summed E-state index contributed by atoms with van der Waals surface area (Å²) in [7, 11) is 0. The average Bonchev–Trinajstić information content (AvgIpc) is 3.02. The largest absolute Gasteiger partial charge is 0.379 e. The van der Waals surface area contributed by atoms with Crippen LogP contribution in [0.25, 0.3) is 11.0 Å². The minimum Gasteiger partial charge on any atom is -0.379 e. The van der Waals surface area contributed by atoms with Crippen molar-refractivity contribution in [2.75, 3.05) is 19.8 Å². The number of primary amides is 1. The first kappa shape index (κ1) is 17.3. The summed E-state index contributed by atoms with van der Waals surface area (Å²) < 4.78 is 12.5. The first-order chi connectivity index (χ1) is 12.1. The molecule has 25 heavy (non-hydrogen) atoms. The van der Waals surface area contributed by atoms with Crippen molar-refractivity contribution in [3.05, 3.63) is 24.3 Å². The van der Waals surface area contributed by atoms with Crippen LogP contribution in [-0.2, 0) is 25.6 Å². The third-order valence-electron chi connectivity index (χ3n) is 4.06. The number of fused-ring (bicyclic) bond motifs is 1. The minimum atomic E-state index is -0.547. The van der Waals surface area contributed by atoms with E-state index in [1.54, 1.807) is 4.68 Å². The van der Waals surface area contributed by atoms with Crippen LogP contribution in [0.5, 0.6) is 0 Å². The SMILES string of the molecule is NC(=O)CO[C@@H]1COCC[C@H]1NC(=O)CCn1nnc2ccccc21. The Balaban J connectivity index is 1.53. The second-order valence-electron chi connectivity index (χ2n) is 5.90. The monoisotopic (exact) mass is 347 g/mol. The second kappa shape index (κ2) is 8.04. The van der Waals surface area contributed by atoms with Crippen LogP contribution >= 0.6 is 0 Å². The molecule has 1 aliphatic heterocycles. The van der Waals surface area contributed by atoms with Gasteiger partial charge in [-0.15, -0.1) is 5.10 Å². The van der Waals surface area contributed by atoms with Gasteiger partial charge < -0.3 is 20.5 Å². The topological polar surface area (TPSA) is 121 Å². The number of para-hydroxylation sites is 1. The molecule has 2 aromatic rings. The third kappa shape index (κ3) is 4.52. The van der Waals surface area contributed by atoms with Gasteiger partial charge >= 0.3 is 0 Å². The van der Waals surface area contributed by atoms with Gasteiger partial charge in [0, 0.05) is 13.0 Å². The molecule has 1 aliphatic rings. The fourth-order valence-electron chi connectivity index (χ4n) is 2.80. The molecule has 0 spiro atoms. The number of ether oxygens (including phenoxy) is 2. The Kier molecular flexibility index (Phi) is 5.56. The van der Waals surface area contributed by atoms with Crippen molar-refractivity contribution in [1.82, 2.24) is 20.3 Å². The summed E-state index contributed by atoms with van der Waals surface area (Å²) in [5.74, 6) is -0.659. The van der Waals surface area contributed by atoms with Crippen molar-refractivity contribution < 1.29 is 19.1 Å². The molecular weight excluding hydrogens is 326 g/mol. The molecule has 1 saturated heterocycles. The van der Waals surface area contributed by atoms with Crippen molar-refractivity contribution in [1.29, 1.82) is 0 Å². The van der Waals surface area contributed by atoms with E-state index in [9.17, 15) is 9.59 Å². The highest BCUT2D eigenvalue weighted by Crippen LogP contribution is 2.13. The highest BCUT2D eigenvalue weighted by atomic mass is 16.5. The number of amides is 2. The van der Waals surface area contributed by atoms with E-state index < -0.39 is 5.91 Å². The maximum atomic E-state index is 12.3. The number of carbonyl (C=O) groups is 2. The van der Waals surface area contributed by atoms with Crippen LogP contribution in [0, 0.1) is 0 Å². The number of rotatable bonds is 7. The molecule has 9 heteroatoms. The number of hydrogen-bond acceptors (Lipinski definition) is 6. The lowest BCUT2D eigenvalue weighted by molar-refractivity contribution is -0.132. The summed E-state index contributed by atoms with van der Waals surface area (Å²) in [6.45, 7) is 1.11. The fraction of sp³-hybridized carbons (Fsp3) is 0.500. The zero-order chi connectivity index (χ0) is 17.6. The molecule has 2 heterocycles. The molecule has 9 nitrogen and oxygen atoms in total. The minimum absolute atomic E-state index is 0.112. The van der Waals surface area contributed by atoms with Crippen molar-refractivity contribution in [2.24, 2.45) is 5.73 Å². The number of aromatic nitrogens is 3. The molecule has 134 valence electrons. The standard InChI is InChI=1S/C16H21N5O4/c17-15(22)10-25-14-9-24-8-6-12(14)18-16(23)5-7-21-13-4-2-1-3-11(13)19-20-21/h1-4,12,14H,5-10H2,(H2,17,22)(H,18,23)/t12-,14-/m1/s1. The summed E-state index contributed by atoms with van der Waals surface area (Å²) >= 11 is 0. The van der Waals surface area contributed by atoms with Gasteiger partial charge in [0.2, 0.25) is 11.8 Å². The highest BCUT2D eigenvalue weighted by molar-refractivity contribution is 5.77. The quantitative estimate of drug-likeness (QED) is 0.703. The molecule has 0 bridgehead atoms.